The predicted molar refractivity (Wildman–Crippen MR) is 181 cm³/mol. The van der Waals surface area contributed by atoms with Gasteiger partial charge in [-0.05, 0) is 105 Å². The van der Waals surface area contributed by atoms with Gasteiger partial charge in [-0.3, -0.25) is 9.88 Å². The molecule has 1 fully saturated rings. The Morgan fingerprint density at radius 1 is 0.951 bits per heavy atom. The van der Waals surface area contributed by atoms with Gasteiger partial charge in [0, 0.05) is 34.6 Å². The Morgan fingerprint density at radius 3 is 2.41 bits per heavy atom. The monoisotopic (exact) mass is 565 g/mol. The van der Waals surface area contributed by atoms with Crippen LogP contribution in [-0.2, 0) is 0 Å². The normalized spacial score (nSPS) is 15.7. The molecule has 3 nitrogen and oxygen atoms in total. The van der Waals surface area contributed by atoms with E-state index in [4.69, 9.17) is 0 Å². The van der Waals surface area contributed by atoms with Crippen molar-refractivity contribution >= 4 is 33.6 Å². The first-order valence-corrected chi connectivity index (χ1v) is 16.3. The van der Waals surface area contributed by atoms with Gasteiger partial charge in [-0.25, -0.2) is 0 Å². The lowest BCUT2D eigenvalue weighted by Crippen LogP contribution is -2.34. The Kier molecular flexibility index (Phi) is 12.8. The standard InChI is InChI=1S/C37H47N3S/c1-4-7-16-31(34-19-11-12-20-35(34)39-32-17-9-8-10-18-32)23-22-30-24-27-40(28-25-30)29-33(6-3)41-37(15-5-2)36-21-13-14-26-38-36/h6,8-21,26,30,39H,4-5,7,22-25,27-29H2,1-3H3/b31-16+,33-6-,37-15+. The number of hydrogen-bond acceptors (Lipinski definition) is 4. The number of aromatic nitrogens is 1. The minimum atomic E-state index is 0.788. The van der Waals surface area contributed by atoms with Crippen molar-refractivity contribution in [2.75, 3.05) is 25.0 Å². The lowest BCUT2D eigenvalue weighted by Gasteiger charge is -2.32. The highest BCUT2D eigenvalue weighted by Crippen LogP contribution is 2.36. The molecule has 216 valence electrons. The molecule has 1 N–H and O–H groups in total. The van der Waals surface area contributed by atoms with Crippen LogP contribution in [0.1, 0.15) is 77.0 Å². The summed E-state index contributed by atoms with van der Waals surface area (Å²) in [5.41, 5.74) is 6.25. The second kappa shape index (κ2) is 17.0. The highest BCUT2D eigenvalue weighted by molar-refractivity contribution is 8.11. The summed E-state index contributed by atoms with van der Waals surface area (Å²) < 4.78 is 0. The molecule has 0 unspecified atom stereocenters. The fraction of sp³-hybridized carbons (Fsp3) is 0.378. The van der Waals surface area contributed by atoms with E-state index in [1.54, 1.807) is 0 Å². The van der Waals surface area contributed by atoms with E-state index in [9.17, 15) is 0 Å². The van der Waals surface area contributed by atoms with Crippen molar-refractivity contribution in [3.63, 3.8) is 0 Å². The van der Waals surface area contributed by atoms with Crippen LogP contribution in [0.25, 0.3) is 10.5 Å². The molecule has 1 aliphatic rings. The number of piperidine rings is 1. The first-order chi connectivity index (χ1) is 20.2. The number of hydrogen-bond donors (Lipinski definition) is 1. The number of pyridine rings is 1. The molecule has 4 rings (SSSR count). The van der Waals surface area contributed by atoms with E-state index in [1.165, 1.54) is 65.4 Å². The Morgan fingerprint density at radius 2 is 1.71 bits per heavy atom. The largest absolute Gasteiger partial charge is 0.355 e. The second-order valence-electron chi connectivity index (χ2n) is 10.9. The molecule has 0 radical (unpaired) electrons. The lowest BCUT2D eigenvalue weighted by molar-refractivity contribution is 0.195. The third-order valence-electron chi connectivity index (χ3n) is 7.78. The molecule has 0 aliphatic carbocycles. The zero-order valence-corrected chi connectivity index (χ0v) is 26.0. The number of benzene rings is 2. The summed E-state index contributed by atoms with van der Waals surface area (Å²) in [4.78, 5) is 9.94. The number of allylic oxidation sites excluding steroid dienone is 4. The molecule has 0 bridgehead atoms. The fourth-order valence-electron chi connectivity index (χ4n) is 5.44. The molecule has 1 aromatic heterocycles. The van der Waals surface area contributed by atoms with E-state index in [1.807, 2.05) is 24.0 Å². The Labute approximate surface area is 252 Å². The molecule has 3 aromatic rings. The predicted octanol–water partition coefficient (Wildman–Crippen LogP) is 10.6. The molecule has 0 amide bonds. The van der Waals surface area contributed by atoms with Gasteiger partial charge in [0.25, 0.3) is 0 Å². The average molecular weight is 566 g/mol. The summed E-state index contributed by atoms with van der Waals surface area (Å²) in [7, 11) is 0. The van der Waals surface area contributed by atoms with E-state index in [0.29, 0.717) is 0 Å². The number of rotatable bonds is 14. The van der Waals surface area contributed by atoms with Crippen LogP contribution in [0.2, 0.25) is 0 Å². The van der Waals surface area contributed by atoms with Crippen molar-refractivity contribution < 1.29 is 0 Å². The molecular weight excluding hydrogens is 518 g/mol. The van der Waals surface area contributed by atoms with Crippen LogP contribution in [0.15, 0.2) is 102 Å². The van der Waals surface area contributed by atoms with E-state index >= 15 is 0 Å². The van der Waals surface area contributed by atoms with Crippen LogP contribution < -0.4 is 5.32 Å². The number of para-hydroxylation sites is 2. The summed E-state index contributed by atoms with van der Waals surface area (Å²) in [6.45, 7) is 10.0. The molecule has 2 heterocycles. The minimum absolute atomic E-state index is 0.788. The molecule has 1 saturated heterocycles. The smallest absolute Gasteiger partial charge is 0.0765 e. The van der Waals surface area contributed by atoms with Crippen molar-refractivity contribution in [2.24, 2.45) is 5.92 Å². The van der Waals surface area contributed by atoms with Crippen molar-refractivity contribution in [3.8, 4) is 0 Å². The van der Waals surface area contributed by atoms with Gasteiger partial charge in [0.2, 0.25) is 0 Å². The molecule has 0 atom stereocenters. The zero-order chi connectivity index (χ0) is 28.7. The van der Waals surface area contributed by atoms with Crippen LogP contribution in [-0.4, -0.2) is 29.5 Å². The van der Waals surface area contributed by atoms with Crippen molar-refractivity contribution in [2.45, 2.75) is 65.7 Å². The SMILES string of the molecule is C/C=C(/CN1CCC(CC/C(=C\CCC)c2ccccc2Nc2ccccc2)CC1)S/C(=C/CC)c1ccccn1. The third kappa shape index (κ3) is 9.76. The fourth-order valence-corrected chi connectivity index (χ4v) is 6.57. The molecule has 41 heavy (non-hydrogen) atoms. The highest BCUT2D eigenvalue weighted by Gasteiger charge is 2.21. The van der Waals surface area contributed by atoms with Gasteiger partial charge in [-0.1, -0.05) is 92.7 Å². The number of nitrogens with one attached hydrogen (secondary N) is 1. The number of likely N-dealkylation sites (tertiary alicyclic amines) is 1. The van der Waals surface area contributed by atoms with Gasteiger partial charge >= 0.3 is 0 Å². The summed E-state index contributed by atoms with van der Waals surface area (Å²) in [6.07, 6.45) is 17.3. The molecular formula is C37H47N3S. The summed E-state index contributed by atoms with van der Waals surface area (Å²) in [5.74, 6) is 0.788. The minimum Gasteiger partial charge on any atom is -0.355 e. The number of nitrogens with zero attached hydrogens (tertiary/aromatic N) is 2. The first kappa shape index (κ1) is 30.9. The number of anilines is 2. The van der Waals surface area contributed by atoms with Gasteiger partial charge < -0.3 is 5.32 Å². The number of unbranched alkanes of at least 4 members (excludes halogenated alkanes) is 1. The average Bonchev–Trinajstić information content (AvgIpc) is 3.02. The third-order valence-corrected chi connectivity index (χ3v) is 9.01. The van der Waals surface area contributed by atoms with Gasteiger partial charge in [0.15, 0.2) is 0 Å². The van der Waals surface area contributed by atoms with Gasteiger partial charge in [0.05, 0.1) is 5.69 Å². The second-order valence-corrected chi connectivity index (χ2v) is 12.0. The summed E-state index contributed by atoms with van der Waals surface area (Å²) in [6, 6.07) is 25.5. The summed E-state index contributed by atoms with van der Waals surface area (Å²) in [5, 5.41) is 3.67. The van der Waals surface area contributed by atoms with Gasteiger partial charge in [-0.15, -0.1) is 0 Å². The molecule has 1 aliphatic heterocycles. The quantitative estimate of drug-likeness (QED) is 0.210. The highest BCUT2D eigenvalue weighted by atomic mass is 32.2. The molecule has 4 heteroatoms. The van der Waals surface area contributed by atoms with Crippen LogP contribution in [0, 0.1) is 5.92 Å². The van der Waals surface area contributed by atoms with Crippen molar-refractivity contribution in [1.29, 1.82) is 0 Å². The van der Waals surface area contributed by atoms with Crippen LogP contribution in [0.4, 0.5) is 11.4 Å². The van der Waals surface area contributed by atoms with Crippen LogP contribution >= 0.6 is 11.8 Å². The molecule has 0 saturated carbocycles. The lowest BCUT2D eigenvalue weighted by atomic mass is 9.88. The van der Waals surface area contributed by atoms with Gasteiger partial charge in [-0.2, -0.15) is 0 Å². The van der Waals surface area contributed by atoms with Gasteiger partial charge in [0.1, 0.15) is 0 Å². The Hall–Kier alpha value is -3.08. The van der Waals surface area contributed by atoms with E-state index in [0.717, 1.165) is 43.1 Å². The van der Waals surface area contributed by atoms with Crippen molar-refractivity contribution in [3.05, 3.63) is 113 Å². The molecule has 0 spiro atoms. The maximum Gasteiger partial charge on any atom is 0.0765 e. The van der Waals surface area contributed by atoms with E-state index < -0.39 is 0 Å². The maximum atomic E-state index is 4.60. The maximum absolute atomic E-state index is 4.60. The van der Waals surface area contributed by atoms with Crippen molar-refractivity contribution in [1.82, 2.24) is 9.88 Å². The van der Waals surface area contributed by atoms with Crippen LogP contribution in [0.3, 0.4) is 0 Å². The first-order valence-electron chi connectivity index (χ1n) is 15.5. The van der Waals surface area contributed by atoms with Crippen LogP contribution in [0.5, 0.6) is 0 Å². The number of thioether (sulfide) groups is 1. The summed E-state index contributed by atoms with van der Waals surface area (Å²) >= 11 is 1.89. The van der Waals surface area contributed by atoms with E-state index in [-0.39, 0.29) is 0 Å². The Balaban J connectivity index is 1.32. The topological polar surface area (TPSA) is 28.2 Å². The van der Waals surface area contributed by atoms with E-state index in [2.05, 4.69) is 121 Å². The molecule has 2 aromatic carbocycles. The zero-order valence-electron chi connectivity index (χ0n) is 25.2. The Bertz CT molecular complexity index is 1270.